The van der Waals surface area contributed by atoms with E-state index in [1.807, 2.05) is 175 Å². The Bertz CT molecular complexity index is 6020. The third-order valence-electron chi connectivity index (χ3n) is 21.1. The maximum Gasteiger partial charge on any atom is 0.408 e. The van der Waals surface area contributed by atoms with Crippen molar-refractivity contribution in [1.29, 1.82) is 0 Å². The number of hydrogen-bond donors (Lipinski definition) is 10. The van der Waals surface area contributed by atoms with Crippen LogP contribution in [0.25, 0.3) is 0 Å². The second-order valence-electron chi connectivity index (χ2n) is 32.8. The van der Waals surface area contributed by atoms with Gasteiger partial charge in [0.05, 0.1) is 88.7 Å². The third kappa shape index (κ3) is 37.4. The van der Waals surface area contributed by atoms with E-state index in [2.05, 4.69) is 62.5 Å². The van der Waals surface area contributed by atoms with Crippen molar-refractivity contribution in [1.82, 2.24) is 62.5 Å². The lowest BCUT2D eigenvalue weighted by Gasteiger charge is -2.25. The van der Waals surface area contributed by atoms with Gasteiger partial charge in [0.25, 0.3) is 17.1 Å². The van der Waals surface area contributed by atoms with Crippen LogP contribution >= 0.6 is 45.3 Å². The van der Waals surface area contributed by atoms with Gasteiger partial charge in [-0.25, -0.2) is 39.1 Å². The van der Waals surface area contributed by atoms with Crippen LogP contribution in [0.1, 0.15) is 160 Å². The van der Waals surface area contributed by atoms with Gasteiger partial charge >= 0.3 is 34.7 Å². The van der Waals surface area contributed by atoms with Crippen molar-refractivity contribution in [3.8, 4) is 0 Å². The Morgan fingerprint density at radius 3 is 0.738 bits per heavy atom. The average Bonchev–Trinajstić information content (AvgIpc) is 1.18. The minimum Gasteiger partial charge on any atom is -0.453 e. The van der Waals surface area contributed by atoms with Gasteiger partial charge in [0.1, 0.15) is 49.8 Å². The molecule has 12 rings (SSSR count). The molecule has 141 heavy (non-hydrogen) atoms. The fraction of sp³-hybridized carbons (Fsp3) is 0.313. The highest BCUT2D eigenvalue weighted by Gasteiger charge is 2.33. The van der Waals surface area contributed by atoms with Gasteiger partial charge in [0.2, 0.25) is 23.6 Å². The maximum absolute atomic E-state index is 13.5. The zero-order chi connectivity index (χ0) is 102. The Morgan fingerprint density at radius 1 is 0.333 bits per heavy atom. The normalized spacial score (nSPS) is 12.6. The van der Waals surface area contributed by atoms with E-state index in [0.717, 1.165) is 108 Å². The zero-order valence-corrected chi connectivity index (χ0v) is 83.1. The molecule has 0 aliphatic heterocycles. The largest absolute Gasteiger partial charge is 0.453 e. The van der Waals surface area contributed by atoms with Gasteiger partial charge < -0.3 is 61.5 Å². The summed E-state index contributed by atoms with van der Waals surface area (Å²) in [6, 6.07) is 57.0. The molecule has 0 bridgehead atoms. The zero-order valence-electron chi connectivity index (χ0n) is 79.0. The summed E-state index contributed by atoms with van der Waals surface area (Å²) in [6.07, 6.45) is 2.83. The molecule has 0 spiro atoms. The number of aromatic nitrogens is 4. The summed E-state index contributed by atoms with van der Waals surface area (Å²) in [4.78, 5) is 152. The van der Waals surface area contributed by atoms with Crippen molar-refractivity contribution in [2.75, 3.05) is 26.1 Å². The van der Waals surface area contributed by atoms with Crippen molar-refractivity contribution in [2.24, 2.45) is 0 Å². The molecule has 37 nitrogen and oxygen atoms in total. The standard InChI is InChI=1S/C27H32N4O5S.C24H28N4O6S2.2C24H26N4O5S/c1-5-20-17-37-25(28-20)23(16-19-11-13-21(14-12-19)31(34)35)29-24(32)22(15-18-9-7-6-8-10-18)30-26(33)36-27(2,3)4;1-3-18-15-35-23(25-18)21(14-17-9-11-19(12-10-17)28-36(31,32)33)26-22(29)20(27-24(30)34-2)13-16-7-5-4-6-8-16;2*1-3-18-15-34-23(25-18)21(14-17-9-11-19(12-10-17)28(31)32)26-22(29)20(27-24(30)33-2)13-16-7-5-4-6-8-16/h6-14,17,22-23H,5,15-16H2,1-4H3,(H,29,32)(H,30,33);4-12,15,20-21,28H,3,13-14H2,1-2H3,(H,26,29)(H,27,30)(H,31,32,33);2*4-12,15,20-21H,3,13-14H2,1-2H3,(H,26,29)(H,27,30)/t22-,23-;3*20-,21-/m0000/s1. The van der Waals surface area contributed by atoms with E-state index in [4.69, 9.17) is 23.5 Å². The Balaban J connectivity index is 0.000000210. The molecule has 8 amide bonds. The van der Waals surface area contributed by atoms with Crippen LogP contribution in [-0.4, -0.2) is 147 Å². The minimum absolute atomic E-state index is 0.00273. The number of thiazole rings is 4. The molecule has 0 fully saturated rings. The molecule has 42 heteroatoms. The first kappa shape index (κ1) is 110. The van der Waals surface area contributed by atoms with Crippen molar-refractivity contribution in [3.63, 3.8) is 0 Å². The number of rotatable bonds is 41. The highest BCUT2D eigenvalue weighted by molar-refractivity contribution is 7.87. The van der Waals surface area contributed by atoms with Gasteiger partial charge in [-0.15, -0.1) is 45.3 Å². The topological polar surface area (TPSA) is 517 Å². The number of benzene rings is 8. The number of methoxy groups -OCH3 is 3. The molecule has 10 N–H and O–H groups in total. The summed E-state index contributed by atoms with van der Waals surface area (Å²) >= 11 is 5.75. The van der Waals surface area contributed by atoms with Crippen LogP contribution in [0.15, 0.2) is 240 Å². The molecule has 4 aromatic heterocycles. The summed E-state index contributed by atoms with van der Waals surface area (Å²) in [5, 5.41) is 66.2. The smallest absolute Gasteiger partial charge is 0.408 e. The Morgan fingerprint density at radius 2 is 0.546 bits per heavy atom. The van der Waals surface area contributed by atoms with Gasteiger partial charge in [0, 0.05) is 83.6 Å². The summed E-state index contributed by atoms with van der Waals surface area (Å²) in [5.41, 5.74) is 9.87. The second-order valence-corrected chi connectivity index (χ2v) is 37.5. The Kier molecular flexibility index (Phi) is 42.9. The summed E-state index contributed by atoms with van der Waals surface area (Å²) in [5.74, 6) is -1.54. The third-order valence-corrected chi connectivity index (χ3v) is 25.6. The first-order valence-electron chi connectivity index (χ1n) is 44.7. The summed E-state index contributed by atoms with van der Waals surface area (Å²) in [7, 11) is -0.661. The Labute approximate surface area is 831 Å². The first-order valence-corrected chi connectivity index (χ1v) is 49.7. The van der Waals surface area contributed by atoms with Crippen molar-refractivity contribution >= 4 is 126 Å². The molecule has 4 heterocycles. The molecule has 8 atom stereocenters. The van der Waals surface area contributed by atoms with E-state index in [-0.39, 0.29) is 66.2 Å². The molecule has 12 aromatic rings. The minimum atomic E-state index is -4.38. The molecule has 8 aromatic carbocycles. The second kappa shape index (κ2) is 55.1. The number of aryl methyl sites for hydroxylation is 4. The molecular weight excluding hydrogens is 1910 g/mol. The molecule has 0 saturated heterocycles. The van der Waals surface area contributed by atoms with E-state index >= 15 is 0 Å². The monoisotopic (exact) mass is 2020 g/mol. The lowest BCUT2D eigenvalue weighted by molar-refractivity contribution is -0.385. The number of carbonyl (C=O) groups is 8. The van der Waals surface area contributed by atoms with Crippen LogP contribution in [0.3, 0.4) is 0 Å². The first-order chi connectivity index (χ1) is 67.5. The van der Waals surface area contributed by atoms with Gasteiger partial charge in [-0.05, 0) is 129 Å². The van der Waals surface area contributed by atoms with Crippen LogP contribution in [0.5, 0.6) is 0 Å². The van der Waals surface area contributed by atoms with Crippen LogP contribution in [-0.2, 0) is 125 Å². The van der Waals surface area contributed by atoms with E-state index in [0.29, 0.717) is 30.7 Å². The molecule has 0 aliphatic rings. The van der Waals surface area contributed by atoms with E-state index in [9.17, 15) is 77.1 Å². The van der Waals surface area contributed by atoms with Crippen LogP contribution < -0.4 is 47.3 Å². The fourth-order valence-electron chi connectivity index (χ4n) is 13.8. The predicted octanol–water partition coefficient (Wildman–Crippen LogP) is 16.4. The number of amides is 8. The number of hydrogen-bond acceptors (Lipinski definition) is 28. The number of alkyl carbamates (subject to hydrolysis) is 4. The summed E-state index contributed by atoms with van der Waals surface area (Å²) in [6.45, 7) is 13.3. The highest BCUT2D eigenvalue weighted by atomic mass is 32.2. The van der Waals surface area contributed by atoms with E-state index < -0.39 is 109 Å². The molecule has 0 saturated carbocycles. The number of nitrogens with one attached hydrogen (secondary N) is 9. The molecular formula is C99H112N16O21S5. The fourth-order valence-corrected chi connectivity index (χ4v) is 18.1. The number of nitrogens with zero attached hydrogens (tertiary/aromatic N) is 7. The van der Waals surface area contributed by atoms with E-state index in [1.165, 1.54) is 115 Å². The highest BCUT2D eigenvalue weighted by Crippen LogP contribution is 2.31. The van der Waals surface area contributed by atoms with Crippen LogP contribution in [0.4, 0.5) is 41.9 Å². The van der Waals surface area contributed by atoms with Crippen molar-refractivity contribution in [2.45, 2.75) is 179 Å². The average molecular weight is 2020 g/mol. The lowest BCUT2D eigenvalue weighted by Crippen LogP contribution is -2.50. The number of carbonyl (C=O) groups excluding carboxylic acids is 8. The summed E-state index contributed by atoms with van der Waals surface area (Å²) < 4.78 is 52.6. The number of anilines is 1. The molecule has 0 unspecified atom stereocenters. The molecule has 0 radical (unpaired) electrons. The van der Waals surface area contributed by atoms with Gasteiger partial charge in [-0.2, -0.15) is 8.42 Å². The molecule has 744 valence electrons. The number of nitro benzene ring substituents is 3. The number of nitro groups is 3. The molecule has 0 aliphatic carbocycles. The van der Waals surface area contributed by atoms with E-state index in [1.54, 1.807) is 69.3 Å². The lowest BCUT2D eigenvalue weighted by atomic mass is 10.0. The predicted molar refractivity (Wildman–Crippen MR) is 537 cm³/mol. The van der Waals surface area contributed by atoms with Gasteiger partial charge in [-0.1, -0.05) is 198 Å². The van der Waals surface area contributed by atoms with Gasteiger partial charge in [0.15, 0.2) is 0 Å². The number of ether oxygens (including phenoxy) is 4. The number of non-ortho nitro benzene ring substituents is 3. The maximum atomic E-state index is 13.5. The van der Waals surface area contributed by atoms with Crippen molar-refractivity contribution in [3.05, 3.63) is 358 Å². The van der Waals surface area contributed by atoms with Crippen LogP contribution in [0, 0.1) is 30.3 Å². The van der Waals surface area contributed by atoms with Crippen LogP contribution in [0.2, 0.25) is 0 Å². The van der Waals surface area contributed by atoms with Gasteiger partial charge in [-0.3, -0.25) is 58.8 Å². The van der Waals surface area contributed by atoms with Crippen molar-refractivity contribution < 1.29 is 85.0 Å². The Hall–Kier alpha value is -14.9. The SMILES string of the molecule is CCc1csc([C@H](Cc2ccc(NS(=O)(=O)O)cc2)NC(=O)[C@H](Cc2ccccc2)NC(=O)OC)n1.CCc1csc([C@H](Cc2ccc([N+](=O)[O-])cc2)NC(=O)[C@H](Cc2ccccc2)NC(=O)OC(C)(C)C)n1.CCc1csc([C@H](Cc2ccc([N+](=O)[O-])cc2)NC(=O)[C@H](Cc2ccccc2)NC(=O)OC)n1.CCc1csc([C@H](Cc2ccc([N+](=O)[O-])cc2)NC(=O)[C@H](Cc2ccccc2)NC(=O)OC)n1. The quantitative estimate of drug-likeness (QED) is 0.00736.